The second-order valence-electron chi connectivity index (χ2n) is 4.72. The van der Waals surface area contributed by atoms with Crippen LogP contribution in [0.3, 0.4) is 0 Å². The molecular weight excluding hydrogens is 226 g/mol. The fraction of sp³-hybridized carbons (Fsp3) is 0.429. The number of nitrogens with one attached hydrogen (secondary N) is 1. The number of aromatic nitrogens is 3. The molecule has 0 spiro atoms. The summed E-state index contributed by atoms with van der Waals surface area (Å²) in [6.45, 7) is 0.448. The van der Waals surface area contributed by atoms with Gasteiger partial charge in [-0.1, -0.05) is 31.0 Å². The molecule has 4 nitrogen and oxygen atoms in total. The lowest BCUT2D eigenvalue weighted by molar-refractivity contribution is 0.296. The molecule has 1 fully saturated rings. The van der Waals surface area contributed by atoms with Gasteiger partial charge in [0.05, 0.1) is 0 Å². The summed E-state index contributed by atoms with van der Waals surface area (Å²) < 4.78 is 5.63. The predicted molar refractivity (Wildman–Crippen MR) is 68.4 cm³/mol. The van der Waals surface area contributed by atoms with Crippen molar-refractivity contribution in [3.8, 4) is 5.75 Å². The second-order valence-corrected chi connectivity index (χ2v) is 4.72. The maximum atomic E-state index is 5.63. The molecule has 0 bridgehead atoms. The molecular formula is C14H17N3O. The van der Waals surface area contributed by atoms with Gasteiger partial charge in [0.25, 0.3) is 0 Å². The Morgan fingerprint density at radius 1 is 1.17 bits per heavy atom. The van der Waals surface area contributed by atoms with E-state index in [2.05, 4.69) is 15.2 Å². The lowest BCUT2D eigenvalue weighted by atomic mass is 10.1. The number of para-hydroxylation sites is 1. The van der Waals surface area contributed by atoms with Crippen molar-refractivity contribution >= 4 is 0 Å². The van der Waals surface area contributed by atoms with E-state index < -0.39 is 0 Å². The minimum Gasteiger partial charge on any atom is -0.486 e. The maximum Gasteiger partial charge on any atom is 0.162 e. The molecule has 2 aromatic rings. The molecule has 0 radical (unpaired) electrons. The highest BCUT2D eigenvalue weighted by Crippen LogP contribution is 2.31. The molecule has 0 aliphatic heterocycles. The van der Waals surface area contributed by atoms with Crippen molar-refractivity contribution in [3.05, 3.63) is 42.0 Å². The van der Waals surface area contributed by atoms with Crippen LogP contribution < -0.4 is 4.74 Å². The van der Waals surface area contributed by atoms with Crippen LogP contribution in [0, 0.1) is 0 Å². The number of ether oxygens (including phenoxy) is 1. The van der Waals surface area contributed by atoms with Gasteiger partial charge in [-0.05, 0) is 25.0 Å². The zero-order chi connectivity index (χ0) is 12.2. The third-order valence-electron chi connectivity index (χ3n) is 3.39. The van der Waals surface area contributed by atoms with Gasteiger partial charge in [0.1, 0.15) is 12.4 Å². The molecule has 94 valence electrons. The van der Waals surface area contributed by atoms with Gasteiger partial charge in [-0.3, -0.25) is 5.10 Å². The van der Waals surface area contributed by atoms with Crippen molar-refractivity contribution in [1.29, 1.82) is 0 Å². The Balaban J connectivity index is 1.60. The Kier molecular flexibility index (Phi) is 3.26. The van der Waals surface area contributed by atoms with E-state index in [1.807, 2.05) is 30.3 Å². The normalized spacial score (nSPS) is 16.0. The van der Waals surface area contributed by atoms with Gasteiger partial charge in [0.15, 0.2) is 11.6 Å². The minimum absolute atomic E-state index is 0.448. The number of rotatable bonds is 4. The van der Waals surface area contributed by atoms with Crippen LogP contribution in [0.1, 0.15) is 43.3 Å². The Labute approximate surface area is 106 Å². The van der Waals surface area contributed by atoms with Crippen LogP contribution in [0.25, 0.3) is 0 Å². The molecule has 1 N–H and O–H groups in total. The summed E-state index contributed by atoms with van der Waals surface area (Å²) in [7, 11) is 0. The Bertz CT molecular complexity index is 489. The average Bonchev–Trinajstić information content (AvgIpc) is 3.08. The fourth-order valence-corrected chi connectivity index (χ4v) is 2.41. The van der Waals surface area contributed by atoms with E-state index in [1.165, 1.54) is 25.7 Å². The van der Waals surface area contributed by atoms with Crippen LogP contribution in [0.15, 0.2) is 30.3 Å². The fourth-order valence-electron chi connectivity index (χ4n) is 2.41. The van der Waals surface area contributed by atoms with Crippen molar-refractivity contribution in [2.75, 3.05) is 0 Å². The summed E-state index contributed by atoms with van der Waals surface area (Å²) in [6.07, 6.45) is 5.04. The number of H-pyrrole nitrogens is 1. The topological polar surface area (TPSA) is 50.8 Å². The lowest BCUT2D eigenvalue weighted by Crippen LogP contribution is -1.98. The van der Waals surface area contributed by atoms with E-state index >= 15 is 0 Å². The van der Waals surface area contributed by atoms with Crippen LogP contribution in [-0.4, -0.2) is 15.2 Å². The SMILES string of the molecule is c1ccc(OCc2nc(C3CCCC3)n[nH]2)cc1. The first-order valence-corrected chi connectivity index (χ1v) is 6.51. The Morgan fingerprint density at radius 3 is 2.72 bits per heavy atom. The molecule has 0 saturated heterocycles. The molecule has 0 unspecified atom stereocenters. The molecule has 1 aromatic heterocycles. The van der Waals surface area contributed by atoms with Crippen LogP contribution in [0.4, 0.5) is 0 Å². The number of aromatic amines is 1. The predicted octanol–water partition coefficient (Wildman–Crippen LogP) is 3.04. The Hall–Kier alpha value is -1.84. The molecule has 1 heterocycles. The zero-order valence-corrected chi connectivity index (χ0v) is 10.3. The summed E-state index contributed by atoms with van der Waals surface area (Å²) in [4.78, 5) is 4.52. The van der Waals surface area contributed by atoms with Crippen LogP contribution in [0.2, 0.25) is 0 Å². The molecule has 3 rings (SSSR count). The van der Waals surface area contributed by atoms with Crippen molar-refractivity contribution in [2.45, 2.75) is 38.2 Å². The van der Waals surface area contributed by atoms with Gasteiger partial charge in [-0.25, -0.2) is 4.98 Å². The van der Waals surface area contributed by atoms with Gasteiger partial charge in [-0.2, -0.15) is 5.10 Å². The number of hydrogen-bond donors (Lipinski definition) is 1. The number of benzene rings is 1. The van der Waals surface area contributed by atoms with E-state index in [4.69, 9.17) is 4.74 Å². The molecule has 1 aromatic carbocycles. The van der Waals surface area contributed by atoms with E-state index in [0.29, 0.717) is 12.5 Å². The molecule has 1 saturated carbocycles. The standard InChI is InChI=1S/C14H17N3O/c1-2-8-12(9-3-1)18-10-13-15-14(17-16-13)11-6-4-5-7-11/h1-3,8-9,11H,4-7,10H2,(H,15,16,17). The first-order valence-electron chi connectivity index (χ1n) is 6.51. The zero-order valence-electron chi connectivity index (χ0n) is 10.3. The summed E-state index contributed by atoms with van der Waals surface area (Å²) in [5.41, 5.74) is 0. The van der Waals surface area contributed by atoms with Gasteiger partial charge < -0.3 is 4.74 Å². The molecule has 1 aliphatic carbocycles. The van der Waals surface area contributed by atoms with Crippen LogP contribution in [-0.2, 0) is 6.61 Å². The van der Waals surface area contributed by atoms with Crippen molar-refractivity contribution in [2.24, 2.45) is 0 Å². The third kappa shape index (κ3) is 2.53. The van der Waals surface area contributed by atoms with Gasteiger partial charge in [0, 0.05) is 5.92 Å². The monoisotopic (exact) mass is 243 g/mol. The van der Waals surface area contributed by atoms with Crippen LogP contribution >= 0.6 is 0 Å². The molecule has 1 aliphatic rings. The molecule has 18 heavy (non-hydrogen) atoms. The van der Waals surface area contributed by atoms with Crippen molar-refractivity contribution in [3.63, 3.8) is 0 Å². The first-order chi connectivity index (χ1) is 8.92. The lowest BCUT2D eigenvalue weighted by Gasteiger charge is -2.03. The van der Waals surface area contributed by atoms with Crippen molar-refractivity contribution < 1.29 is 4.74 Å². The largest absolute Gasteiger partial charge is 0.486 e. The van der Waals surface area contributed by atoms with E-state index in [-0.39, 0.29) is 0 Å². The van der Waals surface area contributed by atoms with E-state index in [1.54, 1.807) is 0 Å². The highest BCUT2D eigenvalue weighted by molar-refractivity contribution is 5.21. The second kappa shape index (κ2) is 5.21. The summed E-state index contributed by atoms with van der Waals surface area (Å²) in [5.74, 6) is 3.17. The first kappa shape index (κ1) is 11.3. The smallest absolute Gasteiger partial charge is 0.162 e. The van der Waals surface area contributed by atoms with Gasteiger partial charge >= 0.3 is 0 Å². The highest BCUT2D eigenvalue weighted by atomic mass is 16.5. The van der Waals surface area contributed by atoms with Gasteiger partial charge in [0.2, 0.25) is 0 Å². The summed E-state index contributed by atoms with van der Waals surface area (Å²) in [6, 6.07) is 9.77. The number of hydrogen-bond acceptors (Lipinski definition) is 3. The van der Waals surface area contributed by atoms with Crippen molar-refractivity contribution in [1.82, 2.24) is 15.2 Å². The summed E-state index contributed by atoms with van der Waals surface area (Å²) in [5, 5.41) is 7.26. The van der Waals surface area contributed by atoms with Gasteiger partial charge in [-0.15, -0.1) is 0 Å². The highest BCUT2D eigenvalue weighted by Gasteiger charge is 2.21. The maximum absolute atomic E-state index is 5.63. The quantitative estimate of drug-likeness (QED) is 0.898. The average molecular weight is 243 g/mol. The number of nitrogens with zero attached hydrogens (tertiary/aromatic N) is 2. The molecule has 0 amide bonds. The van der Waals surface area contributed by atoms with E-state index in [9.17, 15) is 0 Å². The summed E-state index contributed by atoms with van der Waals surface area (Å²) >= 11 is 0. The third-order valence-corrected chi connectivity index (χ3v) is 3.39. The van der Waals surface area contributed by atoms with E-state index in [0.717, 1.165) is 17.4 Å². The van der Waals surface area contributed by atoms with Crippen LogP contribution in [0.5, 0.6) is 5.75 Å². The minimum atomic E-state index is 0.448. The molecule has 4 heteroatoms. The Morgan fingerprint density at radius 2 is 1.94 bits per heavy atom. The molecule has 0 atom stereocenters.